The molecule has 10 heteroatoms. The first-order valence-electron chi connectivity index (χ1n) is 8.89. The fourth-order valence-electron chi connectivity index (χ4n) is 2.66. The van der Waals surface area contributed by atoms with Gasteiger partial charge in [-0.15, -0.1) is 0 Å². The van der Waals surface area contributed by atoms with Crippen molar-refractivity contribution in [3.63, 3.8) is 0 Å². The predicted molar refractivity (Wildman–Crippen MR) is 112 cm³/mol. The number of anilines is 2. The predicted octanol–water partition coefficient (Wildman–Crippen LogP) is 3.57. The van der Waals surface area contributed by atoms with Crippen molar-refractivity contribution in [3.8, 4) is 5.75 Å². The van der Waals surface area contributed by atoms with Crippen molar-refractivity contribution >= 4 is 38.9 Å². The molecule has 0 saturated heterocycles. The molecular weight excluding hydrogens is 421 g/mol. The Morgan fingerprint density at radius 3 is 2.41 bits per heavy atom. The molecule has 7 nitrogen and oxygen atoms in total. The van der Waals surface area contributed by atoms with Crippen molar-refractivity contribution in [2.45, 2.75) is 18.7 Å². The van der Waals surface area contributed by atoms with Gasteiger partial charge in [-0.2, -0.15) is 4.31 Å². The van der Waals surface area contributed by atoms with E-state index in [0.29, 0.717) is 24.5 Å². The first-order chi connectivity index (χ1) is 13.7. The maximum Gasteiger partial charge on any atom is 0.243 e. The summed E-state index contributed by atoms with van der Waals surface area (Å²) in [5.74, 6) is -0.626. The molecule has 0 aliphatic carbocycles. The zero-order valence-electron chi connectivity index (χ0n) is 16.3. The summed E-state index contributed by atoms with van der Waals surface area (Å²) in [6, 6.07) is 8.04. The third kappa shape index (κ3) is 5.59. The van der Waals surface area contributed by atoms with E-state index >= 15 is 0 Å². The number of hydrogen-bond acceptors (Lipinski definition) is 5. The highest BCUT2D eigenvalue weighted by Crippen LogP contribution is 2.29. The summed E-state index contributed by atoms with van der Waals surface area (Å²) in [5.41, 5.74) is 0.616. The highest BCUT2D eigenvalue weighted by Gasteiger charge is 2.23. The van der Waals surface area contributed by atoms with Crippen LogP contribution < -0.4 is 15.4 Å². The molecule has 29 heavy (non-hydrogen) atoms. The van der Waals surface area contributed by atoms with Gasteiger partial charge < -0.3 is 15.4 Å². The zero-order valence-corrected chi connectivity index (χ0v) is 17.9. The Kier molecular flexibility index (Phi) is 7.83. The average Bonchev–Trinajstić information content (AvgIpc) is 2.68. The zero-order chi connectivity index (χ0) is 21.6. The van der Waals surface area contributed by atoms with Crippen molar-refractivity contribution in [1.29, 1.82) is 0 Å². The molecule has 0 aliphatic rings. The summed E-state index contributed by atoms with van der Waals surface area (Å²) in [5, 5.41) is 5.57. The fraction of sp³-hybridized carbons (Fsp3) is 0.316. The van der Waals surface area contributed by atoms with E-state index in [2.05, 4.69) is 10.6 Å². The number of hydrogen-bond donors (Lipinski definition) is 2. The lowest BCUT2D eigenvalue weighted by Crippen LogP contribution is -2.30. The van der Waals surface area contributed by atoms with E-state index in [-0.39, 0.29) is 22.2 Å². The Morgan fingerprint density at radius 2 is 1.83 bits per heavy atom. The fourth-order valence-corrected chi connectivity index (χ4v) is 4.38. The number of rotatable bonds is 9. The van der Waals surface area contributed by atoms with Crippen LogP contribution in [-0.4, -0.2) is 45.4 Å². The Hall–Kier alpha value is -2.36. The minimum atomic E-state index is -3.69. The van der Waals surface area contributed by atoms with Crippen LogP contribution in [0.15, 0.2) is 41.3 Å². The number of halogens is 2. The normalized spacial score (nSPS) is 11.4. The van der Waals surface area contributed by atoms with Crippen LogP contribution in [0.5, 0.6) is 5.75 Å². The Bertz CT molecular complexity index is 981. The molecule has 2 rings (SSSR count). The third-order valence-corrected chi connectivity index (χ3v) is 6.52. The maximum absolute atomic E-state index is 13.1. The molecule has 0 radical (unpaired) electrons. The number of nitrogens with one attached hydrogen (secondary N) is 2. The summed E-state index contributed by atoms with van der Waals surface area (Å²) >= 11 is 5.92. The number of benzene rings is 2. The van der Waals surface area contributed by atoms with Crippen molar-refractivity contribution < 1.29 is 22.3 Å². The third-order valence-electron chi connectivity index (χ3n) is 4.16. The molecule has 0 saturated carbocycles. The molecule has 2 aromatic rings. The molecule has 158 valence electrons. The number of ether oxygens (including phenoxy) is 1. The van der Waals surface area contributed by atoms with Crippen LogP contribution in [0.4, 0.5) is 15.8 Å². The molecule has 0 bridgehead atoms. The lowest BCUT2D eigenvalue weighted by molar-refractivity contribution is -0.114. The van der Waals surface area contributed by atoms with Gasteiger partial charge in [0.25, 0.3) is 0 Å². The van der Waals surface area contributed by atoms with E-state index in [1.807, 2.05) is 0 Å². The lowest BCUT2D eigenvalue weighted by Gasteiger charge is -2.19. The van der Waals surface area contributed by atoms with Gasteiger partial charge in [-0.1, -0.05) is 25.4 Å². The summed E-state index contributed by atoms with van der Waals surface area (Å²) in [6.07, 6.45) is 0. The van der Waals surface area contributed by atoms with E-state index < -0.39 is 21.7 Å². The van der Waals surface area contributed by atoms with Crippen LogP contribution in [-0.2, 0) is 14.8 Å². The second kappa shape index (κ2) is 9.91. The van der Waals surface area contributed by atoms with Crippen molar-refractivity contribution in [2.24, 2.45) is 0 Å². The number of methoxy groups -OCH3 is 1. The van der Waals surface area contributed by atoms with Gasteiger partial charge in [0.1, 0.15) is 11.6 Å². The van der Waals surface area contributed by atoms with Gasteiger partial charge in [0.05, 0.1) is 34.9 Å². The van der Waals surface area contributed by atoms with Gasteiger partial charge in [0, 0.05) is 13.1 Å². The molecule has 0 aliphatic heterocycles. The van der Waals surface area contributed by atoms with Crippen molar-refractivity contribution in [1.82, 2.24) is 4.31 Å². The Labute approximate surface area is 174 Å². The van der Waals surface area contributed by atoms with Crippen LogP contribution in [0.1, 0.15) is 13.8 Å². The van der Waals surface area contributed by atoms with Crippen LogP contribution in [0.3, 0.4) is 0 Å². The second-order valence-electron chi connectivity index (χ2n) is 5.98. The van der Waals surface area contributed by atoms with Crippen molar-refractivity contribution in [2.75, 3.05) is 37.4 Å². The van der Waals surface area contributed by atoms with E-state index in [0.717, 1.165) is 6.07 Å². The molecule has 0 atom stereocenters. The molecule has 2 N–H and O–H groups in total. The summed E-state index contributed by atoms with van der Waals surface area (Å²) < 4.78 is 45.1. The number of sulfonamides is 1. The molecular formula is C19H23ClFN3O4S. The van der Waals surface area contributed by atoms with Gasteiger partial charge in [-0.05, 0) is 36.4 Å². The highest BCUT2D eigenvalue weighted by molar-refractivity contribution is 7.89. The monoisotopic (exact) mass is 443 g/mol. The van der Waals surface area contributed by atoms with Crippen molar-refractivity contribution in [3.05, 3.63) is 47.2 Å². The molecule has 0 spiro atoms. The van der Waals surface area contributed by atoms with E-state index in [4.69, 9.17) is 16.3 Å². The second-order valence-corrected chi connectivity index (χ2v) is 8.32. The van der Waals surface area contributed by atoms with Gasteiger partial charge >= 0.3 is 0 Å². The first kappa shape index (κ1) is 22.9. The summed E-state index contributed by atoms with van der Waals surface area (Å²) in [7, 11) is -2.27. The standard InChI is InChI=1S/C19H23ClFN3O4S/c1-4-24(5-2)29(26,27)14-7-9-18(28-3)17(11-14)23-19(25)12-22-16-8-6-13(21)10-15(16)20/h6-11,22H,4-5,12H2,1-3H3,(H,23,25). The molecule has 2 aromatic carbocycles. The highest BCUT2D eigenvalue weighted by atomic mass is 35.5. The van der Waals surface area contributed by atoms with E-state index in [1.54, 1.807) is 13.8 Å². The number of amides is 1. The van der Waals surface area contributed by atoms with E-state index in [1.165, 1.54) is 41.7 Å². The first-order valence-corrected chi connectivity index (χ1v) is 10.7. The Balaban J connectivity index is 2.19. The number of carbonyl (C=O) groups excluding carboxylic acids is 1. The van der Waals surface area contributed by atoms with Crippen LogP contribution >= 0.6 is 11.6 Å². The number of carbonyl (C=O) groups is 1. The minimum Gasteiger partial charge on any atom is -0.495 e. The topological polar surface area (TPSA) is 87.7 Å². The Morgan fingerprint density at radius 1 is 1.14 bits per heavy atom. The summed E-state index contributed by atoms with van der Waals surface area (Å²) in [4.78, 5) is 12.4. The minimum absolute atomic E-state index is 0.0480. The van der Waals surface area contributed by atoms with Crippen LogP contribution in [0.2, 0.25) is 5.02 Å². The molecule has 0 unspecified atom stereocenters. The molecule has 0 aromatic heterocycles. The van der Waals surface area contributed by atoms with Crippen LogP contribution in [0, 0.1) is 5.82 Å². The molecule has 1 amide bonds. The average molecular weight is 444 g/mol. The maximum atomic E-state index is 13.1. The van der Waals surface area contributed by atoms with Gasteiger partial charge in [-0.25, -0.2) is 12.8 Å². The van der Waals surface area contributed by atoms with Gasteiger partial charge in [0.2, 0.25) is 15.9 Å². The molecule has 0 fully saturated rings. The number of nitrogens with zero attached hydrogens (tertiary/aromatic N) is 1. The largest absolute Gasteiger partial charge is 0.495 e. The summed E-state index contributed by atoms with van der Waals surface area (Å²) in [6.45, 7) is 3.99. The smallest absolute Gasteiger partial charge is 0.243 e. The molecule has 0 heterocycles. The SMILES string of the molecule is CCN(CC)S(=O)(=O)c1ccc(OC)c(NC(=O)CNc2ccc(F)cc2Cl)c1. The van der Waals surface area contributed by atoms with Crippen LogP contribution in [0.25, 0.3) is 0 Å². The van der Waals surface area contributed by atoms with E-state index in [9.17, 15) is 17.6 Å². The van der Waals surface area contributed by atoms with Gasteiger partial charge in [0.15, 0.2) is 0 Å². The quantitative estimate of drug-likeness (QED) is 0.618. The lowest BCUT2D eigenvalue weighted by atomic mass is 10.3. The van der Waals surface area contributed by atoms with Gasteiger partial charge in [-0.3, -0.25) is 4.79 Å².